The van der Waals surface area contributed by atoms with Gasteiger partial charge in [-0.05, 0) is 91.9 Å². The molecule has 3 heteroatoms. The third kappa shape index (κ3) is 2.74. The van der Waals surface area contributed by atoms with E-state index in [0.717, 1.165) is 26.7 Å². The molecule has 0 aliphatic heterocycles. The minimum absolute atomic E-state index is 0.160. The average molecular weight is 413 g/mol. The van der Waals surface area contributed by atoms with Gasteiger partial charge in [0.25, 0.3) is 0 Å². The summed E-state index contributed by atoms with van der Waals surface area (Å²) in [6, 6.07) is 6.53. The third-order valence-electron chi connectivity index (χ3n) is 6.18. The average Bonchev–Trinajstić information content (AvgIpc) is 2.39. The van der Waals surface area contributed by atoms with Crippen LogP contribution in [0, 0.1) is 23.2 Å². The predicted octanol–water partition coefficient (Wildman–Crippen LogP) is 5.82. The number of rotatable bonds is 3. The standard InChI is InChI=1S/C18H23Br2N/c19-14-1-2-16(20)15(6-14)17(21)10-18-7-11-3-12(8-18)5-13(4-11)9-18/h1-2,6,11-13,17H,3-5,7-10,21H2. The Bertz CT molecular complexity index is 519. The highest BCUT2D eigenvalue weighted by Crippen LogP contribution is 2.62. The van der Waals surface area contributed by atoms with Gasteiger partial charge in [0.1, 0.15) is 0 Å². The summed E-state index contributed by atoms with van der Waals surface area (Å²) in [4.78, 5) is 0. The van der Waals surface area contributed by atoms with Crippen LogP contribution in [0.2, 0.25) is 0 Å². The first-order valence-corrected chi connectivity index (χ1v) is 9.82. The fraction of sp³-hybridized carbons (Fsp3) is 0.667. The van der Waals surface area contributed by atoms with Gasteiger partial charge in [-0.1, -0.05) is 31.9 Å². The molecule has 4 saturated carbocycles. The SMILES string of the molecule is NC(CC12CC3CC(CC(C3)C1)C2)c1cc(Br)ccc1Br. The number of hydrogen-bond acceptors (Lipinski definition) is 1. The molecule has 1 aromatic rings. The van der Waals surface area contributed by atoms with E-state index in [1.54, 1.807) is 0 Å². The zero-order chi connectivity index (χ0) is 14.6. The van der Waals surface area contributed by atoms with E-state index >= 15 is 0 Å². The van der Waals surface area contributed by atoms with Crippen LogP contribution in [0.3, 0.4) is 0 Å². The van der Waals surface area contributed by atoms with Crippen molar-refractivity contribution >= 4 is 31.9 Å². The summed E-state index contributed by atoms with van der Waals surface area (Å²) >= 11 is 7.26. The van der Waals surface area contributed by atoms with E-state index < -0.39 is 0 Å². The topological polar surface area (TPSA) is 26.0 Å². The Morgan fingerprint density at radius 1 is 1.05 bits per heavy atom. The van der Waals surface area contributed by atoms with Gasteiger partial charge in [0.05, 0.1) is 0 Å². The molecule has 0 radical (unpaired) electrons. The lowest BCUT2D eigenvalue weighted by atomic mass is 9.48. The van der Waals surface area contributed by atoms with Gasteiger partial charge in [-0.25, -0.2) is 0 Å². The molecule has 1 aromatic carbocycles. The minimum atomic E-state index is 0.160. The van der Waals surface area contributed by atoms with Crippen molar-refractivity contribution in [3.63, 3.8) is 0 Å². The van der Waals surface area contributed by atoms with E-state index in [-0.39, 0.29) is 6.04 Å². The summed E-state index contributed by atoms with van der Waals surface area (Å²) in [6.45, 7) is 0. The van der Waals surface area contributed by atoms with Crippen molar-refractivity contribution in [1.29, 1.82) is 0 Å². The Kier molecular flexibility index (Phi) is 3.75. The third-order valence-corrected chi connectivity index (χ3v) is 7.39. The fourth-order valence-electron chi connectivity index (χ4n) is 5.92. The fourth-order valence-corrected chi connectivity index (χ4v) is 6.83. The second-order valence-corrected chi connectivity index (χ2v) is 9.66. The highest BCUT2D eigenvalue weighted by Gasteiger charge is 2.51. The molecule has 0 heterocycles. The minimum Gasteiger partial charge on any atom is -0.324 e. The van der Waals surface area contributed by atoms with Gasteiger partial charge in [0.2, 0.25) is 0 Å². The van der Waals surface area contributed by atoms with E-state index in [2.05, 4.69) is 50.1 Å². The van der Waals surface area contributed by atoms with Crippen molar-refractivity contribution in [3.8, 4) is 0 Å². The first kappa shape index (κ1) is 14.7. The Morgan fingerprint density at radius 2 is 1.62 bits per heavy atom. The van der Waals surface area contributed by atoms with Crippen LogP contribution in [0.1, 0.15) is 56.6 Å². The van der Waals surface area contributed by atoms with Crippen molar-refractivity contribution in [1.82, 2.24) is 0 Å². The molecule has 4 bridgehead atoms. The molecule has 4 fully saturated rings. The maximum atomic E-state index is 6.64. The molecule has 0 amide bonds. The molecule has 114 valence electrons. The van der Waals surface area contributed by atoms with Gasteiger partial charge >= 0.3 is 0 Å². The van der Waals surface area contributed by atoms with Crippen molar-refractivity contribution in [2.75, 3.05) is 0 Å². The lowest BCUT2D eigenvalue weighted by Crippen LogP contribution is -2.47. The molecule has 5 rings (SSSR count). The van der Waals surface area contributed by atoms with Crippen molar-refractivity contribution < 1.29 is 0 Å². The predicted molar refractivity (Wildman–Crippen MR) is 94.0 cm³/mol. The first-order chi connectivity index (χ1) is 10.0. The monoisotopic (exact) mass is 411 g/mol. The van der Waals surface area contributed by atoms with Crippen LogP contribution in [-0.2, 0) is 0 Å². The first-order valence-electron chi connectivity index (χ1n) is 8.23. The van der Waals surface area contributed by atoms with Gasteiger partial charge < -0.3 is 5.73 Å². The molecule has 1 nitrogen and oxygen atoms in total. The molecule has 4 aliphatic carbocycles. The molecule has 0 saturated heterocycles. The van der Waals surface area contributed by atoms with Gasteiger partial charge in [0, 0.05) is 15.0 Å². The Hall–Kier alpha value is 0.140. The lowest BCUT2D eigenvalue weighted by Gasteiger charge is -2.57. The summed E-state index contributed by atoms with van der Waals surface area (Å²) in [7, 11) is 0. The number of hydrogen-bond donors (Lipinski definition) is 1. The smallest absolute Gasteiger partial charge is 0.0311 e. The molecule has 1 atom stereocenters. The Balaban J connectivity index is 1.56. The maximum absolute atomic E-state index is 6.64. The largest absolute Gasteiger partial charge is 0.324 e. The Labute approximate surface area is 144 Å². The van der Waals surface area contributed by atoms with E-state index in [4.69, 9.17) is 5.73 Å². The highest BCUT2D eigenvalue weighted by molar-refractivity contribution is 9.11. The molecule has 0 spiro atoms. The van der Waals surface area contributed by atoms with Crippen molar-refractivity contribution in [2.24, 2.45) is 28.9 Å². The van der Waals surface area contributed by atoms with Crippen LogP contribution >= 0.6 is 31.9 Å². The molecule has 1 unspecified atom stereocenters. The summed E-state index contributed by atoms with van der Waals surface area (Å²) in [6.07, 6.45) is 10.0. The second kappa shape index (κ2) is 5.35. The quantitative estimate of drug-likeness (QED) is 0.664. The van der Waals surface area contributed by atoms with Crippen LogP contribution in [0.15, 0.2) is 27.1 Å². The van der Waals surface area contributed by atoms with Gasteiger partial charge in [-0.15, -0.1) is 0 Å². The molecule has 4 aliphatic rings. The van der Waals surface area contributed by atoms with E-state index in [1.807, 2.05) is 0 Å². The highest BCUT2D eigenvalue weighted by atomic mass is 79.9. The van der Waals surface area contributed by atoms with Crippen molar-refractivity contribution in [2.45, 2.75) is 51.0 Å². The molecular formula is C18H23Br2N. The van der Waals surface area contributed by atoms with E-state index in [9.17, 15) is 0 Å². The van der Waals surface area contributed by atoms with Crippen LogP contribution in [0.4, 0.5) is 0 Å². The second-order valence-electron chi connectivity index (χ2n) is 7.89. The maximum Gasteiger partial charge on any atom is 0.0311 e. The number of benzene rings is 1. The van der Waals surface area contributed by atoms with Crippen LogP contribution in [0.25, 0.3) is 0 Å². The molecule has 0 aromatic heterocycles. The van der Waals surface area contributed by atoms with Gasteiger partial charge in [-0.2, -0.15) is 0 Å². The van der Waals surface area contributed by atoms with Crippen LogP contribution < -0.4 is 5.73 Å². The normalized spacial score (nSPS) is 38.7. The van der Waals surface area contributed by atoms with Crippen LogP contribution in [-0.4, -0.2) is 0 Å². The van der Waals surface area contributed by atoms with E-state index in [0.29, 0.717) is 5.41 Å². The van der Waals surface area contributed by atoms with E-state index in [1.165, 1.54) is 50.5 Å². The molecular weight excluding hydrogens is 390 g/mol. The van der Waals surface area contributed by atoms with Crippen LogP contribution in [0.5, 0.6) is 0 Å². The molecule has 2 N–H and O–H groups in total. The summed E-state index contributed by atoms with van der Waals surface area (Å²) in [5, 5.41) is 0. The van der Waals surface area contributed by atoms with Gasteiger partial charge in [-0.3, -0.25) is 0 Å². The zero-order valence-corrected chi connectivity index (χ0v) is 15.5. The lowest BCUT2D eigenvalue weighted by molar-refractivity contribution is -0.0605. The summed E-state index contributed by atoms with van der Waals surface area (Å²) in [5.41, 5.74) is 8.45. The molecule has 21 heavy (non-hydrogen) atoms. The zero-order valence-electron chi connectivity index (χ0n) is 12.3. The van der Waals surface area contributed by atoms with Crippen molar-refractivity contribution in [3.05, 3.63) is 32.7 Å². The number of halogens is 2. The van der Waals surface area contributed by atoms with Gasteiger partial charge in [0.15, 0.2) is 0 Å². The summed E-state index contributed by atoms with van der Waals surface area (Å²) in [5.74, 6) is 3.03. The summed E-state index contributed by atoms with van der Waals surface area (Å²) < 4.78 is 2.28. The Morgan fingerprint density at radius 3 is 2.19 bits per heavy atom. The number of nitrogens with two attached hydrogens (primary N) is 1.